The van der Waals surface area contributed by atoms with Gasteiger partial charge in [-0.3, -0.25) is 9.59 Å². The van der Waals surface area contributed by atoms with Gasteiger partial charge >= 0.3 is 5.97 Å². The Morgan fingerprint density at radius 1 is 1.32 bits per heavy atom. The van der Waals surface area contributed by atoms with Gasteiger partial charge in [-0.05, 0) is 38.3 Å². The third-order valence-corrected chi connectivity index (χ3v) is 7.29. The summed E-state index contributed by atoms with van der Waals surface area (Å²) in [6.07, 6.45) is -0.359. The molecule has 138 valence electrons. The van der Waals surface area contributed by atoms with Crippen LogP contribution in [0.3, 0.4) is 0 Å². The standard InChI is InChI=1S/C17H23NO5S2/c1-11-5-4-6-12(2)16(11)18-17(20)13(3)23-15(19)9-24-14-7-8-25(21,22)10-14/h4-6,13-14H,7-10H2,1-3H3,(H,18,20)/t13-,14-/m1/s1. The predicted molar refractivity (Wildman–Crippen MR) is 99.6 cm³/mol. The SMILES string of the molecule is Cc1cccc(C)c1NC(=O)[C@@H](C)OC(=O)CS[C@@H]1CCS(=O)(=O)C1. The highest BCUT2D eigenvalue weighted by molar-refractivity contribution is 8.02. The van der Waals surface area contributed by atoms with Crippen molar-refractivity contribution in [2.45, 2.75) is 38.5 Å². The average Bonchev–Trinajstić information content (AvgIpc) is 2.88. The molecule has 1 aliphatic rings. The van der Waals surface area contributed by atoms with Crippen LogP contribution in [0.5, 0.6) is 0 Å². The molecule has 0 radical (unpaired) electrons. The van der Waals surface area contributed by atoms with Crippen LogP contribution in [0, 0.1) is 13.8 Å². The summed E-state index contributed by atoms with van der Waals surface area (Å²) in [5, 5.41) is 2.72. The molecular formula is C17H23NO5S2. The molecule has 2 rings (SSSR count). The second-order valence-corrected chi connectivity index (χ2v) is 9.74. The van der Waals surface area contributed by atoms with Crippen LogP contribution in [0.15, 0.2) is 18.2 Å². The lowest BCUT2D eigenvalue weighted by molar-refractivity contribution is -0.150. The van der Waals surface area contributed by atoms with Gasteiger partial charge < -0.3 is 10.1 Å². The molecule has 0 saturated carbocycles. The Hall–Kier alpha value is -1.54. The highest BCUT2D eigenvalue weighted by Gasteiger charge is 2.29. The van der Waals surface area contributed by atoms with E-state index in [1.165, 1.54) is 18.7 Å². The number of sulfone groups is 1. The zero-order valence-electron chi connectivity index (χ0n) is 14.6. The molecule has 0 bridgehead atoms. The van der Waals surface area contributed by atoms with Crippen molar-refractivity contribution < 1.29 is 22.7 Å². The van der Waals surface area contributed by atoms with Crippen LogP contribution in [0.25, 0.3) is 0 Å². The minimum absolute atomic E-state index is 0.0429. The summed E-state index contributed by atoms with van der Waals surface area (Å²) in [4.78, 5) is 24.1. The van der Waals surface area contributed by atoms with Gasteiger partial charge in [-0.2, -0.15) is 0 Å². The molecule has 1 aromatic rings. The fourth-order valence-corrected chi connectivity index (χ4v) is 6.02. The van der Waals surface area contributed by atoms with Gasteiger partial charge in [0, 0.05) is 10.9 Å². The molecule has 0 unspecified atom stereocenters. The maximum Gasteiger partial charge on any atom is 0.316 e. The lowest BCUT2D eigenvalue weighted by Gasteiger charge is -2.16. The van der Waals surface area contributed by atoms with Gasteiger partial charge in [0.05, 0.1) is 17.3 Å². The number of nitrogens with one attached hydrogen (secondary N) is 1. The van der Waals surface area contributed by atoms with E-state index in [1.54, 1.807) is 0 Å². The van der Waals surface area contributed by atoms with Crippen LogP contribution in [0.2, 0.25) is 0 Å². The molecule has 1 saturated heterocycles. The van der Waals surface area contributed by atoms with Crippen LogP contribution in [0.1, 0.15) is 24.5 Å². The first-order valence-electron chi connectivity index (χ1n) is 8.06. The number of carbonyl (C=O) groups is 2. The maximum atomic E-state index is 12.2. The zero-order chi connectivity index (χ0) is 18.6. The predicted octanol–water partition coefficient (Wildman–Crippen LogP) is 2.09. The molecule has 0 aromatic heterocycles. The van der Waals surface area contributed by atoms with Crippen molar-refractivity contribution >= 4 is 39.2 Å². The number of ether oxygens (including phenoxy) is 1. The molecule has 8 heteroatoms. The first-order valence-corrected chi connectivity index (χ1v) is 10.9. The van der Waals surface area contributed by atoms with Crippen molar-refractivity contribution in [2.75, 3.05) is 22.6 Å². The van der Waals surface area contributed by atoms with E-state index in [2.05, 4.69) is 5.32 Å². The molecule has 1 amide bonds. The number of hydrogen-bond acceptors (Lipinski definition) is 6. The summed E-state index contributed by atoms with van der Waals surface area (Å²) >= 11 is 1.27. The molecule has 0 aliphatic carbocycles. The first-order chi connectivity index (χ1) is 11.7. The minimum Gasteiger partial charge on any atom is -0.452 e. The van der Waals surface area contributed by atoms with E-state index in [9.17, 15) is 18.0 Å². The van der Waals surface area contributed by atoms with Crippen LogP contribution < -0.4 is 5.32 Å². The molecule has 1 aliphatic heterocycles. The number of benzene rings is 1. The fourth-order valence-electron chi connectivity index (χ4n) is 2.60. The van der Waals surface area contributed by atoms with E-state index < -0.39 is 21.9 Å². The number of anilines is 1. The van der Waals surface area contributed by atoms with E-state index in [-0.39, 0.29) is 28.4 Å². The number of amides is 1. The largest absolute Gasteiger partial charge is 0.452 e. The summed E-state index contributed by atoms with van der Waals surface area (Å²) in [6.45, 7) is 5.31. The average molecular weight is 386 g/mol. The second kappa shape index (κ2) is 8.23. The Labute approximate surface area is 152 Å². The maximum absolute atomic E-state index is 12.2. The number of esters is 1. The normalized spacial score (nSPS) is 20.0. The van der Waals surface area contributed by atoms with Gasteiger partial charge in [0.25, 0.3) is 5.91 Å². The molecule has 1 heterocycles. The van der Waals surface area contributed by atoms with Crippen molar-refractivity contribution in [3.63, 3.8) is 0 Å². The monoisotopic (exact) mass is 385 g/mol. The Morgan fingerprint density at radius 3 is 2.52 bits per heavy atom. The van der Waals surface area contributed by atoms with Crippen LogP contribution >= 0.6 is 11.8 Å². The molecular weight excluding hydrogens is 362 g/mol. The Kier molecular flexibility index (Phi) is 6.51. The van der Waals surface area contributed by atoms with E-state index in [0.717, 1.165) is 16.8 Å². The fraction of sp³-hybridized carbons (Fsp3) is 0.529. The quantitative estimate of drug-likeness (QED) is 0.754. The van der Waals surface area contributed by atoms with Gasteiger partial charge in [0.1, 0.15) is 0 Å². The zero-order valence-corrected chi connectivity index (χ0v) is 16.2. The topological polar surface area (TPSA) is 89.5 Å². The van der Waals surface area contributed by atoms with Crippen LogP contribution in [-0.2, 0) is 24.2 Å². The third kappa shape index (κ3) is 5.74. The lowest BCUT2D eigenvalue weighted by atomic mass is 10.1. The number of rotatable bonds is 6. The van der Waals surface area contributed by atoms with E-state index in [4.69, 9.17) is 4.74 Å². The van der Waals surface area contributed by atoms with Crippen molar-refractivity contribution in [3.8, 4) is 0 Å². The van der Waals surface area contributed by atoms with Gasteiger partial charge in [0.2, 0.25) is 0 Å². The summed E-state index contributed by atoms with van der Waals surface area (Å²) < 4.78 is 28.0. The first kappa shape index (κ1) is 19.8. The highest BCUT2D eigenvalue weighted by Crippen LogP contribution is 2.24. The number of hydrogen-bond donors (Lipinski definition) is 1. The number of carbonyl (C=O) groups excluding carboxylic acids is 2. The van der Waals surface area contributed by atoms with Gasteiger partial charge in [-0.1, -0.05) is 18.2 Å². The minimum atomic E-state index is -2.96. The van der Waals surface area contributed by atoms with Crippen LogP contribution in [0.4, 0.5) is 5.69 Å². The smallest absolute Gasteiger partial charge is 0.316 e. The molecule has 1 aromatic carbocycles. The summed E-state index contributed by atoms with van der Waals surface area (Å²) in [6, 6.07) is 5.70. The molecule has 6 nitrogen and oxygen atoms in total. The second-order valence-electron chi connectivity index (χ2n) is 6.22. The van der Waals surface area contributed by atoms with Gasteiger partial charge in [0.15, 0.2) is 15.9 Å². The summed E-state index contributed by atoms with van der Waals surface area (Å²) in [5.74, 6) is -0.582. The van der Waals surface area contributed by atoms with E-state index >= 15 is 0 Å². The van der Waals surface area contributed by atoms with Crippen molar-refractivity contribution in [1.82, 2.24) is 0 Å². The Balaban J connectivity index is 1.81. The Morgan fingerprint density at radius 2 is 1.96 bits per heavy atom. The van der Waals surface area contributed by atoms with Crippen molar-refractivity contribution in [3.05, 3.63) is 29.3 Å². The summed E-state index contributed by atoms with van der Waals surface area (Å²) in [7, 11) is -2.96. The third-order valence-electron chi connectivity index (χ3n) is 4.03. The molecule has 0 spiro atoms. The highest BCUT2D eigenvalue weighted by atomic mass is 32.2. The van der Waals surface area contributed by atoms with Crippen molar-refractivity contribution in [1.29, 1.82) is 0 Å². The van der Waals surface area contributed by atoms with Gasteiger partial charge in [-0.15, -0.1) is 11.8 Å². The lowest BCUT2D eigenvalue weighted by Crippen LogP contribution is -2.31. The van der Waals surface area contributed by atoms with Crippen molar-refractivity contribution in [2.24, 2.45) is 0 Å². The molecule has 1 fully saturated rings. The molecule has 1 N–H and O–H groups in total. The van der Waals surface area contributed by atoms with E-state index in [1.807, 2.05) is 32.0 Å². The molecule has 25 heavy (non-hydrogen) atoms. The number of aryl methyl sites for hydroxylation is 2. The van der Waals surface area contributed by atoms with Gasteiger partial charge in [-0.25, -0.2) is 8.42 Å². The Bertz CT molecular complexity index is 740. The summed E-state index contributed by atoms with van der Waals surface area (Å²) in [5.41, 5.74) is 2.59. The number of para-hydroxylation sites is 1. The number of thioether (sulfide) groups is 1. The van der Waals surface area contributed by atoms with Crippen LogP contribution in [-0.4, -0.2) is 48.9 Å². The van der Waals surface area contributed by atoms with E-state index in [0.29, 0.717) is 6.42 Å². The molecule has 2 atom stereocenters.